The van der Waals surface area contributed by atoms with Gasteiger partial charge in [-0.05, 0) is 35.4 Å². The third-order valence-corrected chi connectivity index (χ3v) is 6.78. The molecule has 1 fully saturated rings. The topological polar surface area (TPSA) is 72.2 Å². The largest absolute Gasteiger partial charge is 0.397 e. The van der Waals surface area contributed by atoms with E-state index >= 15 is 0 Å². The number of sulfonamides is 1. The van der Waals surface area contributed by atoms with Crippen LogP contribution in [0.5, 0.6) is 0 Å². The summed E-state index contributed by atoms with van der Waals surface area (Å²) in [7, 11) is -3.59. The number of rotatable bonds is 3. The van der Waals surface area contributed by atoms with Crippen molar-refractivity contribution in [2.24, 2.45) is 10.8 Å². The molecule has 112 valence electrons. The lowest BCUT2D eigenvalue weighted by Crippen LogP contribution is -2.30. The Morgan fingerprint density at radius 3 is 2.10 bits per heavy atom. The SMILES string of the molecule is Cc1cc(S(=O)(=O)NC2C(C)(C)C2(C)C)cc(N)c1Cl. The highest BCUT2D eigenvalue weighted by Gasteiger charge is 2.66. The van der Waals surface area contributed by atoms with Crippen molar-refractivity contribution in [3.8, 4) is 0 Å². The van der Waals surface area contributed by atoms with Gasteiger partial charge < -0.3 is 5.73 Å². The molecule has 20 heavy (non-hydrogen) atoms. The maximum absolute atomic E-state index is 12.5. The normalized spacial score (nSPS) is 20.9. The van der Waals surface area contributed by atoms with Gasteiger partial charge in [-0.3, -0.25) is 0 Å². The van der Waals surface area contributed by atoms with Crippen molar-refractivity contribution in [2.75, 3.05) is 5.73 Å². The first kappa shape index (κ1) is 15.6. The zero-order chi connectivity index (χ0) is 15.5. The predicted molar refractivity (Wildman–Crippen MR) is 82.3 cm³/mol. The molecule has 3 N–H and O–H groups in total. The van der Waals surface area contributed by atoms with E-state index in [-0.39, 0.29) is 27.5 Å². The van der Waals surface area contributed by atoms with Crippen LogP contribution in [-0.4, -0.2) is 14.5 Å². The Hall–Kier alpha value is -0.780. The second kappa shape index (κ2) is 4.36. The summed E-state index contributed by atoms with van der Waals surface area (Å²) in [4.78, 5) is 0.162. The van der Waals surface area contributed by atoms with Crippen LogP contribution in [0.2, 0.25) is 5.02 Å². The summed E-state index contributed by atoms with van der Waals surface area (Å²) in [5, 5.41) is 0.399. The van der Waals surface area contributed by atoms with E-state index in [1.165, 1.54) is 6.07 Å². The second-order valence-corrected chi connectivity index (χ2v) is 8.73. The van der Waals surface area contributed by atoms with Crippen LogP contribution in [0.15, 0.2) is 17.0 Å². The van der Waals surface area contributed by atoms with Gasteiger partial charge in [0.25, 0.3) is 0 Å². The highest BCUT2D eigenvalue weighted by Crippen LogP contribution is 2.62. The number of nitrogen functional groups attached to an aromatic ring is 1. The molecule has 0 unspecified atom stereocenters. The Labute approximate surface area is 125 Å². The molecule has 0 spiro atoms. The van der Waals surface area contributed by atoms with Crippen molar-refractivity contribution < 1.29 is 8.42 Å². The summed E-state index contributed by atoms with van der Waals surface area (Å²) in [6.45, 7) is 9.97. The molecule has 0 aromatic heterocycles. The van der Waals surface area contributed by atoms with Crippen LogP contribution in [0.25, 0.3) is 0 Å². The van der Waals surface area contributed by atoms with Crippen LogP contribution in [0.1, 0.15) is 33.3 Å². The molecular formula is C14H21ClN2O2S. The van der Waals surface area contributed by atoms with Crippen molar-refractivity contribution in [2.45, 2.75) is 45.6 Å². The highest BCUT2D eigenvalue weighted by molar-refractivity contribution is 7.89. The van der Waals surface area contributed by atoms with Crippen molar-refractivity contribution >= 4 is 27.3 Å². The summed E-state index contributed by atoms with van der Waals surface area (Å²) >= 11 is 5.97. The van der Waals surface area contributed by atoms with Gasteiger partial charge in [0.15, 0.2) is 0 Å². The molecule has 2 rings (SSSR count). The lowest BCUT2D eigenvalue weighted by Gasteiger charge is -2.11. The van der Waals surface area contributed by atoms with Crippen molar-refractivity contribution in [1.82, 2.24) is 4.72 Å². The van der Waals surface area contributed by atoms with Gasteiger partial charge in [-0.1, -0.05) is 39.3 Å². The zero-order valence-corrected chi connectivity index (χ0v) is 14.0. The molecule has 0 heterocycles. The van der Waals surface area contributed by atoms with E-state index in [9.17, 15) is 8.42 Å². The van der Waals surface area contributed by atoms with E-state index in [2.05, 4.69) is 32.4 Å². The molecule has 0 bridgehead atoms. The van der Waals surface area contributed by atoms with Gasteiger partial charge >= 0.3 is 0 Å². The second-order valence-electron chi connectivity index (χ2n) is 6.64. The summed E-state index contributed by atoms with van der Waals surface area (Å²) in [5.41, 5.74) is 6.56. The van der Waals surface area contributed by atoms with Gasteiger partial charge in [-0.2, -0.15) is 0 Å². The standard InChI is InChI=1S/C14H21ClN2O2S/c1-8-6-9(7-10(16)11(8)15)20(18,19)17-12-13(2,3)14(12,4)5/h6-7,12,17H,16H2,1-5H3. The van der Waals surface area contributed by atoms with Gasteiger partial charge in [0.1, 0.15) is 0 Å². The smallest absolute Gasteiger partial charge is 0.240 e. The molecule has 0 amide bonds. The lowest BCUT2D eigenvalue weighted by molar-refractivity contribution is 0.457. The average Bonchev–Trinajstić information content (AvgIpc) is 2.67. The number of aryl methyl sites for hydroxylation is 1. The van der Waals surface area contributed by atoms with E-state index in [0.717, 1.165) is 0 Å². The molecule has 0 saturated heterocycles. The van der Waals surface area contributed by atoms with Crippen molar-refractivity contribution in [3.05, 3.63) is 22.7 Å². The molecule has 4 nitrogen and oxygen atoms in total. The number of nitrogens with one attached hydrogen (secondary N) is 1. The van der Waals surface area contributed by atoms with Gasteiger partial charge in [-0.15, -0.1) is 0 Å². The molecule has 0 radical (unpaired) electrons. The minimum Gasteiger partial charge on any atom is -0.397 e. The van der Waals surface area contributed by atoms with Crippen LogP contribution < -0.4 is 10.5 Å². The van der Waals surface area contributed by atoms with Gasteiger partial charge in [0.05, 0.1) is 15.6 Å². The highest BCUT2D eigenvalue weighted by atomic mass is 35.5. The number of halogens is 1. The number of anilines is 1. The van der Waals surface area contributed by atoms with E-state index < -0.39 is 10.0 Å². The van der Waals surface area contributed by atoms with Crippen LogP contribution in [0.3, 0.4) is 0 Å². The fourth-order valence-electron chi connectivity index (χ4n) is 2.63. The minimum atomic E-state index is -3.59. The third kappa shape index (κ3) is 2.22. The first-order chi connectivity index (χ1) is 8.91. The lowest BCUT2D eigenvalue weighted by atomic mass is 10.0. The monoisotopic (exact) mass is 316 g/mol. The predicted octanol–water partition coefficient (Wildman–Crippen LogP) is 2.94. The minimum absolute atomic E-state index is 0.0624. The van der Waals surface area contributed by atoms with E-state index in [4.69, 9.17) is 17.3 Å². The maximum atomic E-state index is 12.5. The van der Waals surface area contributed by atoms with Crippen LogP contribution in [-0.2, 0) is 10.0 Å². The average molecular weight is 317 g/mol. The Kier molecular flexibility index (Phi) is 3.40. The van der Waals surface area contributed by atoms with E-state index in [1.807, 2.05) is 0 Å². The Balaban J connectivity index is 2.34. The van der Waals surface area contributed by atoms with Crippen molar-refractivity contribution in [3.63, 3.8) is 0 Å². The molecule has 0 atom stereocenters. The quantitative estimate of drug-likeness (QED) is 0.842. The molecule has 1 aliphatic carbocycles. The van der Waals surface area contributed by atoms with E-state index in [1.54, 1.807) is 13.0 Å². The third-order valence-electron chi connectivity index (χ3n) is 4.86. The number of benzene rings is 1. The molecule has 0 aliphatic heterocycles. The fraction of sp³-hybridized carbons (Fsp3) is 0.571. The molecule has 1 aromatic carbocycles. The Morgan fingerprint density at radius 2 is 1.70 bits per heavy atom. The van der Waals surface area contributed by atoms with Crippen LogP contribution >= 0.6 is 11.6 Å². The summed E-state index contributed by atoms with van der Waals surface area (Å²) < 4.78 is 27.7. The summed E-state index contributed by atoms with van der Waals surface area (Å²) in [5.74, 6) is 0. The molecular weight excluding hydrogens is 296 g/mol. The first-order valence-electron chi connectivity index (χ1n) is 6.49. The van der Waals surface area contributed by atoms with Gasteiger partial charge in [0, 0.05) is 6.04 Å². The van der Waals surface area contributed by atoms with Crippen molar-refractivity contribution in [1.29, 1.82) is 0 Å². The number of nitrogens with two attached hydrogens (primary N) is 1. The molecule has 1 aromatic rings. The zero-order valence-electron chi connectivity index (χ0n) is 12.4. The molecule has 6 heteroatoms. The Morgan fingerprint density at radius 1 is 1.20 bits per heavy atom. The van der Waals surface area contributed by atoms with Gasteiger partial charge in [-0.25, -0.2) is 13.1 Å². The van der Waals surface area contributed by atoms with Crippen LogP contribution in [0.4, 0.5) is 5.69 Å². The number of hydrogen-bond donors (Lipinski definition) is 2. The molecule has 1 saturated carbocycles. The van der Waals surface area contributed by atoms with E-state index in [0.29, 0.717) is 10.6 Å². The maximum Gasteiger partial charge on any atom is 0.240 e. The Bertz CT molecular complexity index is 629. The fourth-order valence-corrected chi connectivity index (χ4v) is 4.39. The summed E-state index contributed by atoms with van der Waals surface area (Å²) in [6.07, 6.45) is 0. The van der Waals surface area contributed by atoms with Gasteiger partial charge in [0.2, 0.25) is 10.0 Å². The first-order valence-corrected chi connectivity index (χ1v) is 8.35. The molecule has 1 aliphatic rings. The summed E-state index contributed by atoms with van der Waals surface area (Å²) in [6, 6.07) is 2.86. The number of hydrogen-bond acceptors (Lipinski definition) is 3. The van der Waals surface area contributed by atoms with Crippen LogP contribution in [0, 0.1) is 17.8 Å².